The molecule has 0 fully saturated rings. The summed E-state index contributed by atoms with van der Waals surface area (Å²) in [5.74, 6) is -3.76. The minimum Gasteiger partial charge on any atom is -0.252 e. The molecule has 0 radical (unpaired) electrons. The van der Waals surface area contributed by atoms with E-state index in [2.05, 4.69) is 35.8 Å². The number of hydrogen-bond donors (Lipinski definition) is 0. The second kappa shape index (κ2) is 8.87. The minimum atomic E-state index is -0.982. The van der Waals surface area contributed by atoms with Crippen LogP contribution in [0.15, 0.2) is 48.7 Å². The molecule has 0 spiro atoms. The maximum Gasteiger partial charge on any atom is 0.241 e. The average Bonchev–Trinajstić information content (AvgIpc) is 3.23. The third kappa shape index (κ3) is 5.23. The number of hydrogen-bond acceptors (Lipinski definition) is 4. The van der Waals surface area contributed by atoms with E-state index in [9.17, 15) is 17.6 Å². The lowest BCUT2D eigenvalue weighted by Gasteiger charge is -2.25. The van der Waals surface area contributed by atoms with Crippen molar-refractivity contribution < 1.29 is 17.6 Å². The summed E-state index contributed by atoms with van der Waals surface area (Å²) in [6, 6.07) is 10.1. The van der Waals surface area contributed by atoms with Crippen molar-refractivity contribution in [1.29, 1.82) is 0 Å². The van der Waals surface area contributed by atoms with Crippen molar-refractivity contribution in [2.24, 2.45) is 5.41 Å². The van der Waals surface area contributed by atoms with Crippen molar-refractivity contribution in [1.82, 2.24) is 24.7 Å². The quantitative estimate of drug-likeness (QED) is 0.251. The predicted octanol–water partition coefficient (Wildman–Crippen LogP) is 6.20. The number of rotatable bonds is 5. The molecule has 0 unspecified atom stereocenters. The van der Waals surface area contributed by atoms with Crippen LogP contribution < -0.4 is 0 Å². The SMILES string of the molecule is CC(C)(C)Cc1cc(-c2ccc(F)nc2F)nc(C(C)(C)c2ccn(-c3ccc(F)nc3F)n2)c1. The van der Waals surface area contributed by atoms with E-state index in [1.54, 1.807) is 18.3 Å². The zero-order valence-electron chi connectivity index (χ0n) is 20.1. The molecule has 4 aromatic heterocycles. The second-order valence-corrected chi connectivity index (χ2v) is 10.2. The summed E-state index contributed by atoms with van der Waals surface area (Å²) in [6.07, 6.45) is 2.24. The van der Waals surface area contributed by atoms with Crippen LogP contribution in [-0.2, 0) is 11.8 Å². The number of halogens is 4. The molecule has 4 heterocycles. The van der Waals surface area contributed by atoms with E-state index in [0.29, 0.717) is 23.5 Å². The van der Waals surface area contributed by atoms with E-state index in [4.69, 9.17) is 4.98 Å². The molecular formula is C26H25F4N5. The first-order valence-electron chi connectivity index (χ1n) is 11.1. The molecule has 182 valence electrons. The summed E-state index contributed by atoms with van der Waals surface area (Å²) in [6.45, 7) is 10.1. The molecule has 4 aromatic rings. The van der Waals surface area contributed by atoms with E-state index < -0.39 is 29.2 Å². The average molecular weight is 484 g/mol. The largest absolute Gasteiger partial charge is 0.252 e. The van der Waals surface area contributed by atoms with Crippen LogP contribution in [-0.4, -0.2) is 24.7 Å². The smallest absolute Gasteiger partial charge is 0.241 e. The monoisotopic (exact) mass is 483 g/mol. The topological polar surface area (TPSA) is 56.5 Å². The summed E-state index contributed by atoms with van der Waals surface area (Å²) >= 11 is 0. The van der Waals surface area contributed by atoms with Gasteiger partial charge in [-0.25, -0.2) is 4.68 Å². The van der Waals surface area contributed by atoms with Crippen molar-refractivity contribution in [3.05, 3.63) is 89.4 Å². The Morgan fingerprint density at radius 2 is 1.40 bits per heavy atom. The van der Waals surface area contributed by atoms with Crippen LogP contribution >= 0.6 is 0 Å². The molecule has 0 aliphatic heterocycles. The molecule has 0 aliphatic carbocycles. The highest BCUT2D eigenvalue weighted by molar-refractivity contribution is 5.60. The van der Waals surface area contributed by atoms with Gasteiger partial charge in [-0.2, -0.15) is 32.6 Å². The Balaban J connectivity index is 1.81. The summed E-state index contributed by atoms with van der Waals surface area (Å²) in [7, 11) is 0. The van der Waals surface area contributed by atoms with E-state index in [1.807, 2.05) is 19.9 Å². The van der Waals surface area contributed by atoms with Gasteiger partial charge in [-0.05, 0) is 73.7 Å². The molecule has 0 atom stereocenters. The normalized spacial score (nSPS) is 12.3. The molecule has 35 heavy (non-hydrogen) atoms. The summed E-state index contributed by atoms with van der Waals surface area (Å²) in [5, 5.41) is 4.49. The summed E-state index contributed by atoms with van der Waals surface area (Å²) < 4.78 is 56.6. The Kier molecular flexibility index (Phi) is 6.21. The molecule has 0 saturated carbocycles. The van der Waals surface area contributed by atoms with Crippen LogP contribution in [0.4, 0.5) is 17.6 Å². The fourth-order valence-corrected chi connectivity index (χ4v) is 3.86. The van der Waals surface area contributed by atoms with Crippen molar-refractivity contribution in [2.45, 2.75) is 46.5 Å². The van der Waals surface area contributed by atoms with Gasteiger partial charge in [0.1, 0.15) is 5.69 Å². The Bertz CT molecular complexity index is 1390. The minimum absolute atomic E-state index is 0.00281. The van der Waals surface area contributed by atoms with Gasteiger partial charge in [0.25, 0.3) is 0 Å². The molecular weight excluding hydrogens is 458 g/mol. The standard InChI is InChI=1S/C26H25F4N5/c1-25(2,3)14-15-12-17(16-6-8-21(27)32-23(16)29)31-20(13-15)26(4,5)19-10-11-35(34-19)18-7-9-22(28)33-24(18)30/h6-13H,14H2,1-5H3. The van der Waals surface area contributed by atoms with Gasteiger partial charge >= 0.3 is 0 Å². The van der Waals surface area contributed by atoms with Gasteiger partial charge in [-0.3, -0.25) is 4.98 Å². The second-order valence-electron chi connectivity index (χ2n) is 10.2. The van der Waals surface area contributed by atoms with Crippen LogP contribution in [0.5, 0.6) is 0 Å². The molecule has 9 heteroatoms. The van der Waals surface area contributed by atoms with Gasteiger partial charge in [0.05, 0.1) is 28.1 Å². The van der Waals surface area contributed by atoms with Gasteiger partial charge in [0.2, 0.25) is 23.8 Å². The van der Waals surface area contributed by atoms with Crippen molar-refractivity contribution in [2.75, 3.05) is 0 Å². The van der Waals surface area contributed by atoms with E-state index in [0.717, 1.165) is 17.7 Å². The highest BCUT2D eigenvalue weighted by Crippen LogP contribution is 2.34. The number of aromatic nitrogens is 5. The van der Waals surface area contributed by atoms with Gasteiger partial charge in [-0.1, -0.05) is 20.8 Å². The number of nitrogens with zero attached hydrogens (tertiary/aromatic N) is 5. The third-order valence-electron chi connectivity index (χ3n) is 5.62. The fourth-order valence-electron chi connectivity index (χ4n) is 3.86. The fraction of sp³-hybridized carbons (Fsp3) is 0.308. The first-order valence-corrected chi connectivity index (χ1v) is 11.1. The van der Waals surface area contributed by atoms with Crippen LogP contribution in [0.3, 0.4) is 0 Å². The summed E-state index contributed by atoms with van der Waals surface area (Å²) in [5.41, 5.74) is 1.66. The zero-order valence-corrected chi connectivity index (χ0v) is 20.1. The molecule has 0 aliphatic rings. The summed E-state index contributed by atoms with van der Waals surface area (Å²) in [4.78, 5) is 11.2. The maximum absolute atomic E-state index is 14.5. The van der Waals surface area contributed by atoms with Crippen molar-refractivity contribution >= 4 is 0 Å². The molecule has 5 nitrogen and oxygen atoms in total. The molecule has 0 saturated heterocycles. The van der Waals surface area contributed by atoms with Gasteiger partial charge < -0.3 is 0 Å². The first kappa shape index (κ1) is 24.5. The van der Waals surface area contributed by atoms with Crippen LogP contribution in [0, 0.1) is 29.2 Å². The highest BCUT2D eigenvalue weighted by atomic mass is 19.1. The highest BCUT2D eigenvalue weighted by Gasteiger charge is 2.30. The first-order chi connectivity index (χ1) is 16.3. The molecule has 0 bridgehead atoms. The van der Waals surface area contributed by atoms with E-state index >= 15 is 0 Å². The Hall–Kier alpha value is -3.62. The molecule has 0 amide bonds. The van der Waals surface area contributed by atoms with Crippen LogP contribution in [0.25, 0.3) is 16.9 Å². The van der Waals surface area contributed by atoms with Crippen molar-refractivity contribution in [3.8, 4) is 16.9 Å². The lowest BCUT2D eigenvalue weighted by Crippen LogP contribution is -2.23. The maximum atomic E-state index is 14.5. The van der Waals surface area contributed by atoms with E-state index in [1.165, 1.54) is 16.8 Å². The Morgan fingerprint density at radius 1 is 0.743 bits per heavy atom. The van der Waals surface area contributed by atoms with Crippen LogP contribution in [0.2, 0.25) is 0 Å². The molecule has 0 N–H and O–H groups in total. The number of pyridine rings is 3. The lowest BCUT2D eigenvalue weighted by atomic mass is 9.82. The van der Waals surface area contributed by atoms with Crippen LogP contribution in [0.1, 0.15) is 51.6 Å². The molecule has 4 rings (SSSR count). The molecule has 0 aromatic carbocycles. The van der Waals surface area contributed by atoms with Gasteiger partial charge in [-0.15, -0.1) is 0 Å². The zero-order chi connectivity index (χ0) is 25.5. The van der Waals surface area contributed by atoms with Gasteiger partial charge in [0.15, 0.2) is 0 Å². The Morgan fingerprint density at radius 3 is 2.03 bits per heavy atom. The third-order valence-corrected chi connectivity index (χ3v) is 5.62. The lowest BCUT2D eigenvalue weighted by molar-refractivity contribution is 0.410. The van der Waals surface area contributed by atoms with E-state index in [-0.39, 0.29) is 16.7 Å². The Labute approximate surface area is 200 Å². The van der Waals surface area contributed by atoms with Gasteiger partial charge in [0, 0.05) is 6.20 Å². The predicted molar refractivity (Wildman–Crippen MR) is 124 cm³/mol. The van der Waals surface area contributed by atoms with Crippen molar-refractivity contribution in [3.63, 3.8) is 0 Å².